The highest BCUT2D eigenvalue weighted by molar-refractivity contribution is 8.00. The third-order valence-corrected chi connectivity index (χ3v) is 9.77. The number of carbonyl (C=O) groups excluding carboxylic acids is 3. The van der Waals surface area contributed by atoms with Gasteiger partial charge in [0.1, 0.15) is 0 Å². The first-order valence-electron chi connectivity index (χ1n) is 16.9. The van der Waals surface area contributed by atoms with Gasteiger partial charge in [0.15, 0.2) is 0 Å². The Hall–Kier alpha value is -1.51. The maximum atomic E-state index is 12.1. The molecule has 0 aromatic heterocycles. The molecule has 0 aliphatic carbocycles. The van der Waals surface area contributed by atoms with Gasteiger partial charge in [-0.1, -0.05) is 106 Å². The number of ether oxygens (including phenoxy) is 1. The standard InChI is InChI=1S/C16H33NO2S.C12H21NO2S.C10H14/c1-15(2,3)8-7-10-19-11-9-17-14(18)12-20-13-16(4,5)6;1-8(2)7-16-9-6-10(14)13(11(9)15)12(3,4)5;1-10(2,3)9-7-5-4-6-8-9/h7-13H2,1-6H3,(H,17,18);8-9H,6-7H2,1-5H3;4-8H,1-3H3. The zero-order valence-corrected chi connectivity index (χ0v) is 33.4. The first kappa shape index (κ1) is 44.5. The van der Waals surface area contributed by atoms with Crippen LogP contribution in [-0.4, -0.2) is 70.4 Å². The maximum Gasteiger partial charge on any atom is 0.243 e. The monoisotopic (exact) mass is 680 g/mol. The molecular weight excluding hydrogens is 613 g/mol. The number of hydrogen-bond donors (Lipinski definition) is 1. The first-order valence-corrected chi connectivity index (χ1v) is 19.1. The molecule has 1 aliphatic rings. The van der Waals surface area contributed by atoms with E-state index in [0.717, 1.165) is 24.5 Å². The van der Waals surface area contributed by atoms with Gasteiger partial charge in [0.25, 0.3) is 0 Å². The van der Waals surface area contributed by atoms with Crippen LogP contribution in [0.3, 0.4) is 0 Å². The van der Waals surface area contributed by atoms with E-state index in [2.05, 4.69) is 112 Å². The van der Waals surface area contributed by atoms with E-state index in [1.807, 2.05) is 20.8 Å². The first-order chi connectivity index (χ1) is 20.9. The Balaban J connectivity index is 0.000000694. The van der Waals surface area contributed by atoms with Crippen LogP contribution in [0.4, 0.5) is 0 Å². The van der Waals surface area contributed by atoms with E-state index >= 15 is 0 Å². The minimum absolute atomic E-state index is 0.0110. The van der Waals surface area contributed by atoms with Gasteiger partial charge in [-0.15, -0.1) is 11.8 Å². The van der Waals surface area contributed by atoms with E-state index in [0.29, 0.717) is 42.1 Å². The SMILES string of the molecule is CC(C)(C)CCCOCCNC(=O)CSCC(C)(C)C.CC(C)(C)c1ccccc1.CC(C)CSC1CC(=O)N(C(C)(C)C)C1=O. The van der Waals surface area contributed by atoms with Crippen molar-refractivity contribution in [2.24, 2.45) is 16.7 Å². The highest BCUT2D eigenvalue weighted by atomic mass is 32.2. The van der Waals surface area contributed by atoms with Gasteiger partial charge in [-0.2, -0.15) is 11.8 Å². The lowest BCUT2D eigenvalue weighted by atomic mass is 9.87. The molecule has 1 N–H and O–H groups in total. The van der Waals surface area contributed by atoms with Gasteiger partial charge in [-0.25, -0.2) is 0 Å². The molecule has 6 nitrogen and oxygen atoms in total. The summed E-state index contributed by atoms with van der Waals surface area (Å²) in [6.45, 7) is 31.9. The lowest BCUT2D eigenvalue weighted by Gasteiger charge is -2.30. The molecule has 0 spiro atoms. The molecule has 1 aliphatic heterocycles. The van der Waals surface area contributed by atoms with Gasteiger partial charge < -0.3 is 10.1 Å². The van der Waals surface area contributed by atoms with Crippen molar-refractivity contribution in [1.29, 1.82) is 0 Å². The fraction of sp³-hybridized carbons (Fsp3) is 0.763. The van der Waals surface area contributed by atoms with Gasteiger partial charge in [0, 0.05) is 25.1 Å². The summed E-state index contributed by atoms with van der Waals surface area (Å²) < 4.78 is 5.52. The zero-order valence-electron chi connectivity index (χ0n) is 31.8. The van der Waals surface area contributed by atoms with Crippen molar-refractivity contribution in [3.8, 4) is 0 Å². The second kappa shape index (κ2) is 20.8. The molecule has 1 aromatic carbocycles. The number of imide groups is 1. The van der Waals surface area contributed by atoms with Gasteiger partial charge in [0.2, 0.25) is 17.7 Å². The Morgan fingerprint density at radius 3 is 1.93 bits per heavy atom. The van der Waals surface area contributed by atoms with E-state index in [1.165, 1.54) is 16.9 Å². The second-order valence-corrected chi connectivity index (χ2v) is 19.2. The summed E-state index contributed by atoms with van der Waals surface area (Å²) in [7, 11) is 0. The second-order valence-electron chi connectivity index (χ2n) is 17.0. The van der Waals surface area contributed by atoms with Crippen molar-refractivity contribution in [2.45, 2.75) is 132 Å². The van der Waals surface area contributed by atoms with Crippen LogP contribution < -0.4 is 5.32 Å². The highest BCUT2D eigenvalue weighted by Gasteiger charge is 2.44. The number of nitrogens with one attached hydrogen (secondary N) is 1. The van der Waals surface area contributed by atoms with Crippen LogP contribution in [0.25, 0.3) is 0 Å². The molecule has 0 radical (unpaired) electrons. The molecule has 0 bridgehead atoms. The lowest BCUT2D eigenvalue weighted by Crippen LogP contribution is -2.45. The Labute approximate surface area is 291 Å². The zero-order chi connectivity index (χ0) is 35.8. The molecule has 3 amide bonds. The molecule has 2 rings (SSSR count). The fourth-order valence-corrected chi connectivity index (χ4v) is 6.38. The number of carbonyl (C=O) groups is 3. The summed E-state index contributed by atoms with van der Waals surface area (Å²) in [5.74, 6) is 3.10. The van der Waals surface area contributed by atoms with Crippen molar-refractivity contribution in [1.82, 2.24) is 10.2 Å². The van der Waals surface area contributed by atoms with Gasteiger partial charge in [-0.3, -0.25) is 19.3 Å². The minimum atomic E-state index is -0.388. The summed E-state index contributed by atoms with van der Waals surface area (Å²) in [5, 5.41) is 2.73. The molecule has 1 saturated heterocycles. The van der Waals surface area contributed by atoms with Crippen LogP contribution >= 0.6 is 23.5 Å². The predicted octanol–water partition coefficient (Wildman–Crippen LogP) is 9.01. The number of likely N-dealkylation sites (tertiary alicyclic amines) is 1. The molecule has 1 atom stereocenters. The van der Waals surface area contributed by atoms with Crippen molar-refractivity contribution in [3.05, 3.63) is 35.9 Å². The number of amides is 3. The van der Waals surface area contributed by atoms with Crippen molar-refractivity contribution >= 4 is 41.2 Å². The van der Waals surface area contributed by atoms with Crippen molar-refractivity contribution in [3.63, 3.8) is 0 Å². The van der Waals surface area contributed by atoms with E-state index in [9.17, 15) is 14.4 Å². The third kappa shape index (κ3) is 22.1. The largest absolute Gasteiger partial charge is 0.380 e. The van der Waals surface area contributed by atoms with Crippen molar-refractivity contribution < 1.29 is 19.1 Å². The molecule has 1 unspecified atom stereocenters. The summed E-state index contributed by atoms with van der Waals surface area (Å²) in [6.07, 6.45) is 2.62. The number of nitrogens with zero attached hydrogens (tertiary/aromatic N) is 1. The van der Waals surface area contributed by atoms with Gasteiger partial charge in [-0.05, 0) is 72.8 Å². The number of thioether (sulfide) groups is 2. The topological polar surface area (TPSA) is 75.7 Å². The van der Waals surface area contributed by atoms with Gasteiger partial charge >= 0.3 is 0 Å². The van der Waals surface area contributed by atoms with Crippen LogP contribution in [0, 0.1) is 16.7 Å². The Bertz CT molecular complexity index is 1020. The average molecular weight is 681 g/mol. The van der Waals surface area contributed by atoms with Crippen LogP contribution in [0.1, 0.15) is 122 Å². The smallest absolute Gasteiger partial charge is 0.243 e. The Morgan fingerprint density at radius 2 is 1.50 bits per heavy atom. The number of benzene rings is 1. The summed E-state index contributed by atoms with van der Waals surface area (Å²) >= 11 is 3.30. The summed E-state index contributed by atoms with van der Waals surface area (Å²) in [4.78, 5) is 36.8. The number of hydrogen-bond acceptors (Lipinski definition) is 6. The lowest BCUT2D eigenvalue weighted by molar-refractivity contribution is -0.143. The molecule has 1 fully saturated rings. The molecule has 0 saturated carbocycles. The summed E-state index contributed by atoms with van der Waals surface area (Å²) in [5.41, 5.74) is 1.96. The van der Waals surface area contributed by atoms with E-state index < -0.39 is 0 Å². The minimum Gasteiger partial charge on any atom is -0.380 e. The number of rotatable bonds is 12. The van der Waals surface area contributed by atoms with Crippen molar-refractivity contribution in [2.75, 3.05) is 37.0 Å². The average Bonchev–Trinajstić information content (AvgIpc) is 3.19. The fourth-order valence-electron chi connectivity index (χ4n) is 4.26. The third-order valence-electron chi connectivity index (χ3n) is 6.60. The highest BCUT2D eigenvalue weighted by Crippen LogP contribution is 2.31. The van der Waals surface area contributed by atoms with E-state index in [4.69, 9.17) is 4.74 Å². The van der Waals surface area contributed by atoms with E-state index in [1.54, 1.807) is 23.5 Å². The molecule has 1 aromatic rings. The molecule has 266 valence electrons. The molecule has 8 heteroatoms. The predicted molar refractivity (Wildman–Crippen MR) is 202 cm³/mol. The molecular formula is C38H68N2O4S2. The molecule has 1 heterocycles. The quantitative estimate of drug-likeness (QED) is 0.175. The van der Waals surface area contributed by atoms with Crippen LogP contribution in [0.15, 0.2) is 30.3 Å². The van der Waals surface area contributed by atoms with Crippen LogP contribution in [-0.2, 0) is 24.5 Å². The maximum absolute atomic E-state index is 12.1. The van der Waals surface area contributed by atoms with Gasteiger partial charge in [0.05, 0.1) is 17.6 Å². The Morgan fingerprint density at radius 1 is 0.913 bits per heavy atom. The van der Waals surface area contributed by atoms with E-state index in [-0.39, 0.29) is 33.9 Å². The van der Waals surface area contributed by atoms with Crippen LogP contribution in [0.5, 0.6) is 0 Å². The molecule has 46 heavy (non-hydrogen) atoms. The normalized spacial score (nSPS) is 15.7. The Kier molecular flexibility index (Phi) is 20.1. The summed E-state index contributed by atoms with van der Waals surface area (Å²) in [6, 6.07) is 10.6. The van der Waals surface area contributed by atoms with Crippen LogP contribution in [0.2, 0.25) is 0 Å².